The molecule has 0 radical (unpaired) electrons. The lowest BCUT2D eigenvalue weighted by Crippen LogP contribution is -2.51. The minimum Gasteiger partial charge on any atom is -0.352 e. The maximum Gasteiger partial charge on any atom is 0.243 e. The summed E-state index contributed by atoms with van der Waals surface area (Å²) in [7, 11) is 0. The maximum absolute atomic E-state index is 13.5. The Morgan fingerprint density at radius 3 is 2.29 bits per heavy atom. The second-order valence-corrected chi connectivity index (χ2v) is 9.03. The predicted molar refractivity (Wildman–Crippen MR) is 126 cm³/mol. The van der Waals surface area contributed by atoms with Crippen molar-refractivity contribution in [1.29, 1.82) is 0 Å². The van der Waals surface area contributed by atoms with Crippen LogP contribution in [0.4, 0.5) is 0 Å². The third-order valence-corrected chi connectivity index (χ3v) is 6.41. The molecule has 0 saturated heterocycles. The third kappa shape index (κ3) is 6.19. The van der Waals surface area contributed by atoms with Gasteiger partial charge in [0.25, 0.3) is 0 Å². The zero-order valence-electron chi connectivity index (χ0n) is 19.4. The molecule has 0 spiro atoms. The van der Waals surface area contributed by atoms with E-state index in [1.165, 1.54) is 18.4 Å². The Labute approximate surface area is 187 Å². The molecule has 1 saturated carbocycles. The molecule has 1 fully saturated rings. The largest absolute Gasteiger partial charge is 0.352 e. The van der Waals surface area contributed by atoms with Crippen LogP contribution in [0.1, 0.15) is 66.8 Å². The van der Waals surface area contributed by atoms with Crippen LogP contribution in [0.25, 0.3) is 0 Å². The molecule has 1 N–H and O–H groups in total. The van der Waals surface area contributed by atoms with Gasteiger partial charge >= 0.3 is 0 Å². The van der Waals surface area contributed by atoms with Gasteiger partial charge in [0.1, 0.15) is 6.04 Å². The van der Waals surface area contributed by atoms with Crippen LogP contribution >= 0.6 is 0 Å². The number of hydrogen-bond acceptors (Lipinski definition) is 2. The number of carbonyl (C=O) groups is 2. The summed E-state index contributed by atoms with van der Waals surface area (Å²) in [6.07, 6.45) is 5.32. The van der Waals surface area contributed by atoms with Crippen molar-refractivity contribution in [2.24, 2.45) is 0 Å². The number of benzene rings is 2. The van der Waals surface area contributed by atoms with Gasteiger partial charge in [0.2, 0.25) is 11.8 Å². The van der Waals surface area contributed by atoms with Crippen LogP contribution in [0.2, 0.25) is 0 Å². The van der Waals surface area contributed by atoms with Gasteiger partial charge in [0.15, 0.2) is 0 Å². The van der Waals surface area contributed by atoms with Gasteiger partial charge in [-0.2, -0.15) is 0 Å². The molecule has 0 aromatic heterocycles. The lowest BCUT2D eigenvalue weighted by atomic mass is 10.0. The molecule has 0 unspecified atom stereocenters. The molecule has 166 valence electrons. The van der Waals surface area contributed by atoms with E-state index in [0.717, 1.165) is 35.1 Å². The van der Waals surface area contributed by atoms with Gasteiger partial charge < -0.3 is 10.2 Å². The summed E-state index contributed by atoms with van der Waals surface area (Å²) in [5, 5.41) is 3.21. The van der Waals surface area contributed by atoms with Gasteiger partial charge in [-0.3, -0.25) is 9.59 Å². The van der Waals surface area contributed by atoms with Gasteiger partial charge in [0, 0.05) is 12.6 Å². The number of rotatable bonds is 8. The molecule has 1 atom stereocenters. The Hall–Kier alpha value is -2.62. The summed E-state index contributed by atoms with van der Waals surface area (Å²) < 4.78 is 0. The SMILES string of the molecule is CC[C@H](C(=O)NC1CCCC1)N(Cc1ccc(C)cc1)C(=O)Cc1cc(C)ccc1C. The summed E-state index contributed by atoms with van der Waals surface area (Å²) in [6.45, 7) is 8.57. The minimum atomic E-state index is -0.459. The highest BCUT2D eigenvalue weighted by atomic mass is 16.2. The van der Waals surface area contributed by atoms with E-state index in [0.29, 0.717) is 19.4 Å². The fourth-order valence-corrected chi connectivity index (χ4v) is 4.43. The smallest absolute Gasteiger partial charge is 0.243 e. The number of aryl methyl sites for hydroxylation is 3. The fraction of sp³-hybridized carbons (Fsp3) is 0.481. The normalized spacial score (nSPS) is 15.0. The van der Waals surface area contributed by atoms with Gasteiger partial charge in [-0.25, -0.2) is 0 Å². The van der Waals surface area contributed by atoms with Crippen LogP contribution in [0, 0.1) is 20.8 Å². The molecular formula is C27H36N2O2. The van der Waals surface area contributed by atoms with Crippen molar-refractivity contribution in [2.75, 3.05) is 0 Å². The van der Waals surface area contributed by atoms with Crippen molar-refractivity contribution in [3.05, 3.63) is 70.3 Å². The lowest BCUT2D eigenvalue weighted by Gasteiger charge is -2.32. The third-order valence-electron chi connectivity index (χ3n) is 6.41. The first kappa shape index (κ1) is 23.1. The van der Waals surface area contributed by atoms with E-state index in [4.69, 9.17) is 0 Å². The van der Waals surface area contributed by atoms with Crippen molar-refractivity contribution in [3.8, 4) is 0 Å². The topological polar surface area (TPSA) is 49.4 Å². The van der Waals surface area contributed by atoms with E-state index >= 15 is 0 Å². The molecule has 4 heteroatoms. The summed E-state index contributed by atoms with van der Waals surface area (Å²) in [5.74, 6) is -0.0153. The summed E-state index contributed by atoms with van der Waals surface area (Å²) >= 11 is 0. The Balaban J connectivity index is 1.84. The Morgan fingerprint density at radius 2 is 1.65 bits per heavy atom. The highest BCUT2D eigenvalue weighted by molar-refractivity contribution is 5.88. The van der Waals surface area contributed by atoms with Crippen molar-refractivity contribution in [2.45, 2.75) is 84.8 Å². The quantitative estimate of drug-likeness (QED) is 0.652. The number of nitrogens with zero attached hydrogens (tertiary/aromatic N) is 1. The molecule has 0 heterocycles. The van der Waals surface area contributed by atoms with Gasteiger partial charge in [-0.05, 0) is 56.7 Å². The van der Waals surface area contributed by atoms with Crippen molar-refractivity contribution >= 4 is 11.8 Å². The van der Waals surface area contributed by atoms with Gasteiger partial charge in [-0.1, -0.05) is 73.4 Å². The average Bonchev–Trinajstić information content (AvgIpc) is 3.25. The van der Waals surface area contributed by atoms with Crippen LogP contribution in [0.15, 0.2) is 42.5 Å². The van der Waals surface area contributed by atoms with E-state index in [1.807, 2.05) is 20.8 Å². The zero-order valence-corrected chi connectivity index (χ0v) is 19.4. The Kier molecular flexibility index (Phi) is 7.89. The lowest BCUT2D eigenvalue weighted by molar-refractivity contribution is -0.141. The molecule has 1 aliphatic carbocycles. The minimum absolute atomic E-state index is 0.00250. The summed E-state index contributed by atoms with van der Waals surface area (Å²) in [4.78, 5) is 28.5. The summed E-state index contributed by atoms with van der Waals surface area (Å²) in [5.41, 5.74) is 5.52. The highest BCUT2D eigenvalue weighted by Crippen LogP contribution is 2.20. The molecule has 0 bridgehead atoms. The van der Waals surface area contributed by atoms with E-state index in [1.54, 1.807) is 4.90 Å². The van der Waals surface area contributed by atoms with Crippen LogP contribution in [-0.4, -0.2) is 28.8 Å². The van der Waals surface area contributed by atoms with E-state index < -0.39 is 6.04 Å². The van der Waals surface area contributed by atoms with E-state index in [2.05, 4.69) is 54.7 Å². The second kappa shape index (κ2) is 10.6. The standard InChI is InChI=1S/C27H36N2O2/c1-5-25(27(31)28-24-8-6-7-9-24)29(18-22-14-11-19(2)12-15-22)26(30)17-23-16-20(3)10-13-21(23)4/h10-16,24-25H,5-9,17-18H2,1-4H3,(H,28,31)/t25-/m1/s1. The van der Waals surface area contributed by atoms with E-state index in [9.17, 15) is 9.59 Å². The molecule has 31 heavy (non-hydrogen) atoms. The zero-order chi connectivity index (χ0) is 22.4. The number of carbonyl (C=O) groups excluding carboxylic acids is 2. The first-order valence-electron chi connectivity index (χ1n) is 11.6. The number of amides is 2. The predicted octanol–water partition coefficient (Wildman–Crippen LogP) is 5.02. The molecule has 2 aromatic carbocycles. The number of hydrogen-bond donors (Lipinski definition) is 1. The molecule has 2 amide bonds. The van der Waals surface area contributed by atoms with Gasteiger partial charge in [-0.15, -0.1) is 0 Å². The Morgan fingerprint density at radius 1 is 1.00 bits per heavy atom. The highest BCUT2D eigenvalue weighted by Gasteiger charge is 2.30. The first-order chi connectivity index (χ1) is 14.9. The molecule has 3 rings (SSSR count). The van der Waals surface area contributed by atoms with Gasteiger partial charge in [0.05, 0.1) is 6.42 Å². The van der Waals surface area contributed by atoms with Crippen molar-refractivity contribution < 1.29 is 9.59 Å². The molecule has 1 aliphatic rings. The van der Waals surface area contributed by atoms with Crippen LogP contribution in [0.3, 0.4) is 0 Å². The maximum atomic E-state index is 13.5. The first-order valence-corrected chi connectivity index (χ1v) is 11.6. The molecule has 0 aliphatic heterocycles. The average molecular weight is 421 g/mol. The summed E-state index contributed by atoms with van der Waals surface area (Å²) in [6, 6.07) is 14.2. The number of nitrogens with one attached hydrogen (secondary N) is 1. The monoisotopic (exact) mass is 420 g/mol. The van der Waals surface area contributed by atoms with Crippen molar-refractivity contribution in [1.82, 2.24) is 10.2 Å². The van der Waals surface area contributed by atoms with Crippen LogP contribution < -0.4 is 5.32 Å². The van der Waals surface area contributed by atoms with Crippen LogP contribution in [-0.2, 0) is 22.6 Å². The van der Waals surface area contributed by atoms with Crippen LogP contribution in [0.5, 0.6) is 0 Å². The molecular weight excluding hydrogens is 384 g/mol. The Bertz CT molecular complexity index is 898. The fourth-order valence-electron chi connectivity index (χ4n) is 4.43. The molecule has 4 nitrogen and oxygen atoms in total. The van der Waals surface area contributed by atoms with Crippen molar-refractivity contribution in [3.63, 3.8) is 0 Å². The second-order valence-electron chi connectivity index (χ2n) is 9.03. The molecule has 2 aromatic rings. The van der Waals surface area contributed by atoms with E-state index in [-0.39, 0.29) is 17.9 Å².